The molecule has 0 saturated heterocycles. The smallest absolute Gasteiger partial charge is 0.266 e. The minimum absolute atomic E-state index is 0.171. The predicted octanol–water partition coefficient (Wildman–Crippen LogP) is 4.94. The van der Waals surface area contributed by atoms with Gasteiger partial charge >= 0.3 is 0 Å². The molecule has 0 saturated carbocycles. The summed E-state index contributed by atoms with van der Waals surface area (Å²) >= 11 is 7.22. The standard InChI is InChI=1S/C18H15ClN2O2S/c1-12-6-7-20-17(8-12)21-18(22)16-9-13(11-24-16)10-23-15-4-2-14(19)3-5-15/h2-9,11H,10H2,1H3,(H,20,21,22). The fourth-order valence-corrected chi connectivity index (χ4v) is 2.97. The van der Waals surface area contributed by atoms with Gasteiger partial charge in [-0.1, -0.05) is 11.6 Å². The Morgan fingerprint density at radius 3 is 2.79 bits per heavy atom. The molecule has 6 heteroatoms. The van der Waals surface area contributed by atoms with Gasteiger partial charge in [0.25, 0.3) is 5.91 Å². The van der Waals surface area contributed by atoms with Crippen molar-refractivity contribution in [2.24, 2.45) is 0 Å². The van der Waals surface area contributed by atoms with Crippen molar-refractivity contribution >= 4 is 34.7 Å². The number of nitrogens with one attached hydrogen (secondary N) is 1. The van der Waals surface area contributed by atoms with Crippen LogP contribution in [0.3, 0.4) is 0 Å². The van der Waals surface area contributed by atoms with Gasteiger partial charge in [-0.3, -0.25) is 4.79 Å². The van der Waals surface area contributed by atoms with Crippen LogP contribution in [0.15, 0.2) is 54.0 Å². The van der Waals surface area contributed by atoms with Crippen molar-refractivity contribution in [3.05, 3.63) is 75.1 Å². The van der Waals surface area contributed by atoms with Gasteiger partial charge in [-0.15, -0.1) is 11.3 Å². The number of hydrogen-bond donors (Lipinski definition) is 1. The normalized spacial score (nSPS) is 10.4. The molecule has 122 valence electrons. The van der Waals surface area contributed by atoms with Crippen molar-refractivity contribution in [3.63, 3.8) is 0 Å². The molecule has 1 aromatic carbocycles. The highest BCUT2D eigenvalue weighted by atomic mass is 35.5. The number of thiophene rings is 1. The number of aryl methyl sites for hydroxylation is 1. The van der Waals surface area contributed by atoms with E-state index >= 15 is 0 Å². The van der Waals surface area contributed by atoms with Gasteiger partial charge in [0.15, 0.2) is 0 Å². The van der Waals surface area contributed by atoms with Crippen LogP contribution in [0, 0.1) is 6.92 Å². The van der Waals surface area contributed by atoms with Gasteiger partial charge < -0.3 is 10.1 Å². The molecule has 0 spiro atoms. The molecular formula is C18H15ClN2O2S. The maximum Gasteiger partial charge on any atom is 0.266 e. The zero-order valence-corrected chi connectivity index (χ0v) is 14.5. The Labute approximate surface area is 149 Å². The summed E-state index contributed by atoms with van der Waals surface area (Å²) < 4.78 is 5.68. The van der Waals surface area contributed by atoms with Gasteiger partial charge in [-0.25, -0.2) is 4.98 Å². The van der Waals surface area contributed by atoms with Crippen molar-refractivity contribution in [3.8, 4) is 5.75 Å². The Morgan fingerprint density at radius 2 is 2.04 bits per heavy atom. The molecule has 1 N–H and O–H groups in total. The highest BCUT2D eigenvalue weighted by Gasteiger charge is 2.10. The Morgan fingerprint density at radius 1 is 1.25 bits per heavy atom. The van der Waals surface area contributed by atoms with Crippen LogP contribution >= 0.6 is 22.9 Å². The third-order valence-corrected chi connectivity index (χ3v) is 4.48. The molecule has 0 bridgehead atoms. The SMILES string of the molecule is Cc1ccnc(NC(=O)c2cc(COc3ccc(Cl)cc3)cs2)c1. The summed E-state index contributed by atoms with van der Waals surface area (Å²) in [7, 11) is 0. The van der Waals surface area contributed by atoms with Crippen molar-refractivity contribution in [2.75, 3.05) is 5.32 Å². The number of anilines is 1. The Hall–Kier alpha value is -2.37. The first-order chi connectivity index (χ1) is 11.6. The Kier molecular flexibility index (Phi) is 5.13. The molecule has 0 fully saturated rings. The molecule has 2 aromatic heterocycles. The fourth-order valence-electron chi connectivity index (χ4n) is 2.05. The molecule has 2 heterocycles. The first kappa shape index (κ1) is 16.5. The number of rotatable bonds is 5. The fraction of sp³-hybridized carbons (Fsp3) is 0.111. The third-order valence-electron chi connectivity index (χ3n) is 3.25. The molecule has 4 nitrogen and oxygen atoms in total. The number of amides is 1. The number of nitrogens with zero attached hydrogens (tertiary/aromatic N) is 1. The van der Waals surface area contributed by atoms with E-state index in [-0.39, 0.29) is 5.91 Å². The van der Waals surface area contributed by atoms with E-state index in [9.17, 15) is 4.79 Å². The van der Waals surface area contributed by atoms with Crippen molar-refractivity contribution < 1.29 is 9.53 Å². The quantitative estimate of drug-likeness (QED) is 0.703. The molecule has 0 aliphatic rings. The minimum Gasteiger partial charge on any atom is -0.489 e. The van der Waals surface area contributed by atoms with Gasteiger partial charge in [0.1, 0.15) is 18.2 Å². The average Bonchev–Trinajstić information content (AvgIpc) is 3.03. The van der Waals surface area contributed by atoms with Gasteiger partial charge in [0, 0.05) is 16.8 Å². The van der Waals surface area contributed by atoms with Gasteiger partial charge in [0.2, 0.25) is 0 Å². The zero-order valence-electron chi connectivity index (χ0n) is 13.0. The van der Waals surface area contributed by atoms with Gasteiger partial charge in [0.05, 0.1) is 4.88 Å². The summed E-state index contributed by atoms with van der Waals surface area (Å²) in [5, 5.41) is 5.38. The number of aromatic nitrogens is 1. The molecule has 3 rings (SSSR count). The Bertz CT molecular complexity index is 846. The van der Waals surface area contributed by atoms with Crippen LogP contribution in [0.25, 0.3) is 0 Å². The van der Waals surface area contributed by atoms with Crippen LogP contribution in [-0.4, -0.2) is 10.9 Å². The van der Waals surface area contributed by atoms with E-state index in [4.69, 9.17) is 16.3 Å². The van der Waals surface area contributed by atoms with Crippen molar-refractivity contribution in [1.82, 2.24) is 4.98 Å². The molecule has 0 aliphatic carbocycles. The van der Waals surface area contributed by atoms with Crippen molar-refractivity contribution in [1.29, 1.82) is 0 Å². The van der Waals surface area contributed by atoms with Crippen molar-refractivity contribution in [2.45, 2.75) is 13.5 Å². The van der Waals surface area contributed by atoms with Gasteiger partial charge in [-0.2, -0.15) is 0 Å². The van der Waals surface area contributed by atoms with Crippen LogP contribution in [0.1, 0.15) is 20.8 Å². The van der Waals surface area contributed by atoms with Crippen LogP contribution < -0.4 is 10.1 Å². The first-order valence-electron chi connectivity index (χ1n) is 7.30. The molecule has 0 unspecified atom stereocenters. The minimum atomic E-state index is -0.171. The summed E-state index contributed by atoms with van der Waals surface area (Å²) in [5.74, 6) is 1.11. The summed E-state index contributed by atoms with van der Waals surface area (Å²) in [6, 6.07) is 12.7. The van der Waals surface area contributed by atoms with E-state index in [1.54, 1.807) is 18.3 Å². The van der Waals surface area contributed by atoms with Crippen LogP contribution in [0.2, 0.25) is 5.02 Å². The van der Waals surface area contributed by atoms with E-state index in [0.717, 1.165) is 16.9 Å². The van der Waals surface area contributed by atoms with Gasteiger partial charge in [-0.05, 0) is 60.3 Å². The lowest BCUT2D eigenvalue weighted by Crippen LogP contribution is -2.11. The average molecular weight is 359 g/mol. The highest BCUT2D eigenvalue weighted by Crippen LogP contribution is 2.20. The highest BCUT2D eigenvalue weighted by molar-refractivity contribution is 7.12. The van der Waals surface area contributed by atoms with Crippen LogP contribution in [0.4, 0.5) is 5.82 Å². The maximum absolute atomic E-state index is 12.3. The van der Waals surface area contributed by atoms with Crippen LogP contribution in [0.5, 0.6) is 5.75 Å². The van der Waals surface area contributed by atoms with E-state index in [1.165, 1.54) is 11.3 Å². The molecule has 24 heavy (non-hydrogen) atoms. The summed E-state index contributed by atoms with van der Waals surface area (Å²) in [6.45, 7) is 2.35. The number of carbonyl (C=O) groups excluding carboxylic acids is 1. The van der Waals surface area contributed by atoms with E-state index < -0.39 is 0 Å². The third kappa shape index (κ3) is 4.34. The zero-order chi connectivity index (χ0) is 16.9. The molecule has 0 radical (unpaired) electrons. The van der Waals surface area contributed by atoms with E-state index in [0.29, 0.717) is 22.3 Å². The first-order valence-corrected chi connectivity index (χ1v) is 8.56. The Balaban J connectivity index is 1.60. The maximum atomic E-state index is 12.3. The number of benzene rings is 1. The number of hydrogen-bond acceptors (Lipinski definition) is 4. The van der Waals surface area contributed by atoms with Crippen LogP contribution in [-0.2, 0) is 6.61 Å². The lowest BCUT2D eigenvalue weighted by Gasteiger charge is -2.04. The second-order valence-corrected chi connectivity index (χ2v) is 6.58. The molecule has 0 aliphatic heterocycles. The second-order valence-electron chi connectivity index (χ2n) is 5.23. The topological polar surface area (TPSA) is 51.2 Å². The summed E-state index contributed by atoms with van der Waals surface area (Å²) in [5.41, 5.74) is 1.99. The number of carbonyl (C=O) groups is 1. The molecule has 3 aromatic rings. The second kappa shape index (κ2) is 7.47. The largest absolute Gasteiger partial charge is 0.489 e. The monoisotopic (exact) mass is 358 g/mol. The molecule has 0 atom stereocenters. The number of halogens is 1. The molecule has 1 amide bonds. The number of pyridine rings is 1. The summed E-state index contributed by atoms with van der Waals surface area (Å²) in [4.78, 5) is 17.0. The predicted molar refractivity (Wildman–Crippen MR) is 97.0 cm³/mol. The summed E-state index contributed by atoms with van der Waals surface area (Å²) in [6.07, 6.45) is 1.67. The number of ether oxygens (including phenoxy) is 1. The van der Waals surface area contributed by atoms with E-state index in [2.05, 4.69) is 10.3 Å². The van der Waals surface area contributed by atoms with E-state index in [1.807, 2.05) is 42.6 Å². The lowest BCUT2D eigenvalue weighted by molar-refractivity contribution is 0.103. The lowest BCUT2D eigenvalue weighted by atomic mass is 10.3. The molecular weight excluding hydrogens is 344 g/mol.